The van der Waals surface area contributed by atoms with Gasteiger partial charge in [0.2, 0.25) is 0 Å². The third-order valence-electron chi connectivity index (χ3n) is 1.25. The van der Waals surface area contributed by atoms with Gasteiger partial charge in [0, 0.05) is 21.3 Å². The van der Waals surface area contributed by atoms with E-state index in [9.17, 15) is 0 Å². The van der Waals surface area contributed by atoms with Crippen LogP contribution in [0.4, 0.5) is 0 Å². The monoisotopic (exact) mass is 209 g/mol. The summed E-state index contributed by atoms with van der Waals surface area (Å²) in [6.45, 7) is 3.39. The van der Waals surface area contributed by atoms with Gasteiger partial charge < -0.3 is 18.2 Å². The summed E-state index contributed by atoms with van der Waals surface area (Å²) in [5, 5.41) is 0. The molecule has 0 heterocycles. The molecule has 0 unspecified atom stereocenters. The minimum absolute atomic E-state index is 1.21. The maximum Gasteiger partial charge on any atom is 0.483 e. The van der Waals surface area contributed by atoms with Gasteiger partial charge in [-0.05, 0) is 27.1 Å². The van der Waals surface area contributed by atoms with Crippen molar-refractivity contribution in [1.82, 2.24) is 4.90 Å². The number of hydrogen-bond donors (Lipinski definition) is 0. The molecule has 0 fully saturated rings. The zero-order valence-electron chi connectivity index (χ0n) is 9.66. The van der Waals surface area contributed by atoms with Gasteiger partial charge >= 0.3 is 9.53 Å². The zero-order valence-corrected chi connectivity index (χ0v) is 10.8. The molecular formula is C8H23NO3Si. The van der Waals surface area contributed by atoms with Gasteiger partial charge in [-0.15, -0.1) is 0 Å². The molecule has 0 aliphatic rings. The van der Waals surface area contributed by atoms with Crippen LogP contribution in [0, 0.1) is 0 Å². The summed E-state index contributed by atoms with van der Waals surface area (Å²) in [5.41, 5.74) is 0. The normalized spacial score (nSPS) is 10.2. The van der Waals surface area contributed by atoms with Crippen molar-refractivity contribution in [3.63, 3.8) is 0 Å². The molecule has 0 aromatic carbocycles. The van der Waals surface area contributed by atoms with E-state index in [1.54, 1.807) is 21.3 Å². The molecule has 0 N–H and O–H groups in total. The van der Waals surface area contributed by atoms with Gasteiger partial charge in [0.15, 0.2) is 0 Å². The van der Waals surface area contributed by atoms with E-state index in [1.165, 1.54) is 13.0 Å². The second-order valence-electron chi connectivity index (χ2n) is 2.80. The van der Waals surface area contributed by atoms with Crippen LogP contribution in [-0.4, -0.2) is 56.4 Å². The first-order valence-corrected chi connectivity index (χ1v) is 5.76. The predicted octanol–water partition coefficient (Wildman–Crippen LogP) is 0.601. The van der Waals surface area contributed by atoms with Crippen molar-refractivity contribution in [3.8, 4) is 0 Å². The largest absolute Gasteiger partial charge is 0.483 e. The molecule has 0 atom stereocenters. The van der Waals surface area contributed by atoms with Crippen LogP contribution in [0.5, 0.6) is 0 Å². The fourth-order valence-electron chi connectivity index (χ4n) is 0.736. The topological polar surface area (TPSA) is 30.9 Å². The van der Waals surface area contributed by atoms with Gasteiger partial charge in [0.05, 0.1) is 0 Å². The number of rotatable bonds is 5. The Morgan fingerprint density at radius 1 is 1.00 bits per heavy atom. The molecule has 0 aromatic heterocycles. The molecule has 5 heteroatoms. The van der Waals surface area contributed by atoms with Crippen LogP contribution in [-0.2, 0) is 13.3 Å². The van der Waals surface area contributed by atoms with Crippen LogP contribution in [0.3, 0.4) is 0 Å². The smallest absolute Gasteiger partial charge is 0.379 e. The lowest BCUT2D eigenvalue weighted by Crippen LogP contribution is -2.21. The lowest BCUT2D eigenvalue weighted by molar-refractivity contribution is 0.163. The van der Waals surface area contributed by atoms with Gasteiger partial charge in [-0.3, -0.25) is 0 Å². The minimum atomic E-state index is -1.67. The Labute approximate surface area is 83.7 Å². The molecule has 0 spiro atoms. The van der Waals surface area contributed by atoms with E-state index in [2.05, 4.69) is 25.9 Å². The lowest BCUT2D eigenvalue weighted by atomic mass is 10.5. The Balaban J connectivity index is 0. The van der Waals surface area contributed by atoms with E-state index in [0.717, 1.165) is 0 Å². The first-order valence-electron chi connectivity index (χ1n) is 4.35. The average molecular weight is 209 g/mol. The Kier molecular flexibility index (Phi) is 14.4. The minimum Gasteiger partial charge on any atom is -0.379 e. The van der Waals surface area contributed by atoms with Crippen molar-refractivity contribution in [3.05, 3.63) is 0 Å². The second-order valence-corrected chi connectivity index (χ2v) is 4.79. The fourth-order valence-corrected chi connectivity index (χ4v) is 1.31. The first-order chi connectivity index (χ1) is 6.12. The molecule has 0 aliphatic carbocycles. The van der Waals surface area contributed by atoms with Gasteiger partial charge in [-0.1, -0.05) is 6.92 Å². The fraction of sp³-hybridized carbons (Fsp3) is 1.00. The summed E-state index contributed by atoms with van der Waals surface area (Å²) in [7, 11) is 7.22. The van der Waals surface area contributed by atoms with Crippen LogP contribution in [0.15, 0.2) is 0 Å². The zero-order chi connectivity index (χ0) is 10.7. The van der Waals surface area contributed by atoms with E-state index >= 15 is 0 Å². The van der Waals surface area contributed by atoms with E-state index in [1.807, 2.05) is 0 Å². The summed E-state index contributed by atoms with van der Waals surface area (Å²) in [6.07, 6.45) is 1.26. The summed E-state index contributed by atoms with van der Waals surface area (Å²) in [4.78, 5) is 2.18. The van der Waals surface area contributed by atoms with E-state index in [4.69, 9.17) is 13.3 Å². The molecule has 0 saturated carbocycles. The van der Waals surface area contributed by atoms with Crippen molar-refractivity contribution in [1.29, 1.82) is 0 Å². The Morgan fingerprint density at radius 3 is 1.38 bits per heavy atom. The number of nitrogens with zero attached hydrogens (tertiary/aromatic N) is 1. The predicted molar refractivity (Wildman–Crippen MR) is 57.0 cm³/mol. The van der Waals surface area contributed by atoms with E-state index in [0.29, 0.717) is 0 Å². The SMILES string of the molecule is CCCN(C)C.CO[SiH](OC)OC. The molecule has 0 saturated heterocycles. The summed E-state index contributed by atoms with van der Waals surface area (Å²) in [5.74, 6) is 0. The van der Waals surface area contributed by atoms with Gasteiger partial charge in [-0.25, -0.2) is 0 Å². The number of hydrogen-bond acceptors (Lipinski definition) is 4. The Bertz CT molecular complexity index is 83.9. The van der Waals surface area contributed by atoms with Gasteiger partial charge in [0.1, 0.15) is 0 Å². The third kappa shape index (κ3) is 14.9. The third-order valence-corrected chi connectivity index (χ3v) is 2.40. The molecule has 13 heavy (non-hydrogen) atoms. The molecule has 0 amide bonds. The molecule has 0 rings (SSSR count). The maximum absolute atomic E-state index is 4.74. The molecule has 4 nitrogen and oxygen atoms in total. The highest BCUT2D eigenvalue weighted by Crippen LogP contribution is 1.81. The maximum atomic E-state index is 4.74. The van der Waals surface area contributed by atoms with Crippen LogP contribution >= 0.6 is 0 Å². The highest BCUT2D eigenvalue weighted by atomic mass is 28.3. The van der Waals surface area contributed by atoms with Crippen LogP contribution < -0.4 is 0 Å². The van der Waals surface area contributed by atoms with Gasteiger partial charge in [-0.2, -0.15) is 0 Å². The first kappa shape index (κ1) is 15.5. The Hall–Kier alpha value is 0.0569. The van der Waals surface area contributed by atoms with Crippen LogP contribution in [0.1, 0.15) is 13.3 Å². The summed E-state index contributed by atoms with van der Waals surface area (Å²) >= 11 is 0. The van der Waals surface area contributed by atoms with Crippen LogP contribution in [0.25, 0.3) is 0 Å². The van der Waals surface area contributed by atoms with Crippen molar-refractivity contribution >= 4 is 9.53 Å². The standard InChI is InChI=1S/C5H13N.C3H10O3Si/c1-4-5-6(2)3;1-4-7(5-2)6-3/h4-5H2,1-3H3;7H,1-3H3. The molecular weight excluding hydrogens is 186 g/mol. The lowest BCUT2D eigenvalue weighted by Gasteiger charge is -2.05. The molecule has 0 aliphatic heterocycles. The highest BCUT2D eigenvalue weighted by molar-refractivity contribution is 6.36. The molecule has 0 bridgehead atoms. The van der Waals surface area contributed by atoms with Crippen molar-refractivity contribution in [2.75, 3.05) is 42.0 Å². The molecule has 82 valence electrons. The average Bonchev–Trinajstić information content (AvgIpc) is 2.08. The van der Waals surface area contributed by atoms with E-state index in [-0.39, 0.29) is 0 Å². The van der Waals surface area contributed by atoms with Crippen LogP contribution in [0.2, 0.25) is 0 Å². The quantitative estimate of drug-likeness (QED) is 0.621. The van der Waals surface area contributed by atoms with Crippen molar-refractivity contribution in [2.45, 2.75) is 13.3 Å². The van der Waals surface area contributed by atoms with Crippen molar-refractivity contribution < 1.29 is 13.3 Å². The summed E-state index contributed by atoms with van der Waals surface area (Å²) < 4.78 is 14.2. The Morgan fingerprint density at radius 2 is 1.38 bits per heavy atom. The van der Waals surface area contributed by atoms with Crippen molar-refractivity contribution in [2.24, 2.45) is 0 Å². The molecule has 0 radical (unpaired) electrons. The highest BCUT2D eigenvalue weighted by Gasteiger charge is 2.04. The van der Waals surface area contributed by atoms with E-state index < -0.39 is 9.53 Å². The second kappa shape index (κ2) is 12.1. The summed E-state index contributed by atoms with van der Waals surface area (Å²) in [6, 6.07) is 0. The van der Waals surface area contributed by atoms with Gasteiger partial charge in [0.25, 0.3) is 0 Å². The molecule has 0 aromatic rings.